The Morgan fingerprint density at radius 3 is 2.50 bits per heavy atom. The molecule has 0 saturated heterocycles. The van der Waals surface area contributed by atoms with Crippen molar-refractivity contribution in [3.8, 4) is 0 Å². The van der Waals surface area contributed by atoms with Crippen LogP contribution in [-0.2, 0) is 4.79 Å². The molecule has 0 saturated carbocycles. The van der Waals surface area contributed by atoms with Crippen molar-refractivity contribution in [1.82, 2.24) is 0 Å². The average Bonchev–Trinajstić information content (AvgIpc) is 2.23. The topological polar surface area (TPSA) is 37.3 Å². The minimum Gasteiger partial charge on any atom is -0.481 e. The molecule has 1 aromatic carbocycles. The van der Waals surface area contributed by atoms with E-state index in [2.05, 4.69) is 44.5 Å². The molecule has 7 heteroatoms. The second-order valence-electron chi connectivity index (χ2n) is 3.50. The number of thiol groups is 1. The van der Waals surface area contributed by atoms with E-state index >= 15 is 0 Å². The fraction of sp³-hybridized carbons (Fsp3) is 0.182. The fourth-order valence-electron chi connectivity index (χ4n) is 1.42. The van der Waals surface area contributed by atoms with Crippen LogP contribution in [0.25, 0.3) is 0 Å². The number of carbonyl (C=O) groups is 1. The molecule has 0 aliphatic carbocycles. The third-order valence-corrected chi connectivity index (χ3v) is 5.10. The standard InChI is InChI=1S/C11H8Br2Cl2O2S/c12-7-1-5(2-8(18)11(7)13)6(3-9(14)15)4-10(16)17/h1-3,6,18H,4H2,(H,16,17). The van der Waals surface area contributed by atoms with Gasteiger partial charge in [-0.05, 0) is 55.6 Å². The van der Waals surface area contributed by atoms with Crippen LogP contribution in [0.15, 0.2) is 36.5 Å². The summed E-state index contributed by atoms with van der Waals surface area (Å²) in [5.41, 5.74) is 0.774. The molecule has 0 aliphatic rings. The normalized spacial score (nSPS) is 12.1. The molecule has 18 heavy (non-hydrogen) atoms. The van der Waals surface area contributed by atoms with E-state index in [-0.39, 0.29) is 10.9 Å². The van der Waals surface area contributed by atoms with Crippen molar-refractivity contribution >= 4 is 73.7 Å². The molecule has 1 atom stereocenters. The second kappa shape index (κ2) is 7.20. The number of hydrogen-bond donors (Lipinski definition) is 2. The van der Waals surface area contributed by atoms with Crippen LogP contribution >= 0.6 is 67.7 Å². The van der Waals surface area contributed by atoms with Gasteiger partial charge in [0.05, 0.1) is 6.42 Å². The fourth-order valence-corrected chi connectivity index (χ4v) is 2.86. The first-order valence-electron chi connectivity index (χ1n) is 4.73. The number of carboxylic acid groups (broad SMARTS) is 1. The van der Waals surface area contributed by atoms with Gasteiger partial charge in [-0.3, -0.25) is 4.79 Å². The number of aliphatic carboxylic acids is 1. The summed E-state index contributed by atoms with van der Waals surface area (Å²) in [5.74, 6) is -1.33. The quantitative estimate of drug-likeness (QED) is 0.624. The van der Waals surface area contributed by atoms with Gasteiger partial charge in [-0.15, -0.1) is 12.6 Å². The van der Waals surface area contributed by atoms with Crippen molar-refractivity contribution in [2.24, 2.45) is 0 Å². The maximum absolute atomic E-state index is 10.8. The molecular weight excluding hydrogens is 427 g/mol. The van der Waals surface area contributed by atoms with Crippen molar-refractivity contribution in [2.45, 2.75) is 17.2 Å². The molecular formula is C11H8Br2Cl2O2S. The molecule has 0 amide bonds. The first kappa shape index (κ1) is 16.4. The Balaban J connectivity index is 3.21. The van der Waals surface area contributed by atoms with Crippen LogP contribution in [0.5, 0.6) is 0 Å². The Bertz CT molecular complexity index is 479. The summed E-state index contributed by atoms with van der Waals surface area (Å²) in [6.07, 6.45) is 1.41. The van der Waals surface area contributed by atoms with E-state index in [1.807, 2.05) is 6.07 Å². The molecule has 1 N–H and O–H groups in total. The molecule has 0 fully saturated rings. The van der Waals surface area contributed by atoms with Gasteiger partial charge in [-0.1, -0.05) is 23.2 Å². The summed E-state index contributed by atoms with van der Waals surface area (Å²) in [6, 6.07) is 3.59. The van der Waals surface area contributed by atoms with Gasteiger partial charge in [-0.2, -0.15) is 0 Å². The van der Waals surface area contributed by atoms with E-state index < -0.39 is 11.9 Å². The summed E-state index contributed by atoms with van der Waals surface area (Å²) in [5, 5.41) is 8.90. The minimum absolute atomic E-state index is 0.0426. The third-order valence-electron chi connectivity index (χ3n) is 2.18. The lowest BCUT2D eigenvalue weighted by atomic mass is 9.96. The minimum atomic E-state index is -0.925. The molecule has 1 aromatic rings. The van der Waals surface area contributed by atoms with Gasteiger partial charge in [0.15, 0.2) is 0 Å². The highest BCUT2D eigenvalue weighted by Gasteiger charge is 2.16. The van der Waals surface area contributed by atoms with Crippen LogP contribution < -0.4 is 0 Å². The molecule has 2 nitrogen and oxygen atoms in total. The number of benzene rings is 1. The van der Waals surface area contributed by atoms with E-state index in [0.29, 0.717) is 4.90 Å². The molecule has 1 unspecified atom stereocenters. The maximum Gasteiger partial charge on any atom is 0.304 e. The van der Waals surface area contributed by atoms with Crippen molar-refractivity contribution in [2.75, 3.05) is 0 Å². The summed E-state index contributed by atoms with van der Waals surface area (Å²) in [7, 11) is 0. The van der Waals surface area contributed by atoms with Crippen molar-refractivity contribution < 1.29 is 9.90 Å². The lowest BCUT2D eigenvalue weighted by Crippen LogP contribution is -2.04. The number of rotatable bonds is 4. The van der Waals surface area contributed by atoms with E-state index in [4.69, 9.17) is 28.3 Å². The summed E-state index contributed by atoms with van der Waals surface area (Å²) < 4.78 is 1.64. The smallest absolute Gasteiger partial charge is 0.304 e. The van der Waals surface area contributed by atoms with Gasteiger partial charge < -0.3 is 5.11 Å². The van der Waals surface area contributed by atoms with E-state index in [1.165, 1.54) is 6.08 Å². The largest absolute Gasteiger partial charge is 0.481 e. The van der Waals surface area contributed by atoms with E-state index in [0.717, 1.165) is 14.5 Å². The molecule has 0 aliphatic heterocycles. The first-order valence-corrected chi connectivity index (χ1v) is 7.52. The number of halogens is 4. The predicted octanol–water partition coefficient (Wildman–Crippen LogP) is 5.38. The molecule has 0 radical (unpaired) electrons. The monoisotopic (exact) mass is 432 g/mol. The molecule has 0 spiro atoms. The highest BCUT2D eigenvalue weighted by Crippen LogP contribution is 2.35. The number of hydrogen-bond acceptors (Lipinski definition) is 2. The van der Waals surface area contributed by atoms with E-state index in [1.54, 1.807) is 6.07 Å². The van der Waals surface area contributed by atoms with Gasteiger partial charge in [0.2, 0.25) is 0 Å². The zero-order chi connectivity index (χ0) is 13.9. The Kier molecular flexibility index (Phi) is 6.55. The van der Waals surface area contributed by atoms with Crippen molar-refractivity contribution in [3.05, 3.63) is 37.2 Å². The van der Waals surface area contributed by atoms with Crippen LogP contribution in [0, 0.1) is 0 Å². The number of carboxylic acids is 1. The van der Waals surface area contributed by atoms with Crippen LogP contribution in [0.2, 0.25) is 0 Å². The lowest BCUT2D eigenvalue weighted by Gasteiger charge is -2.13. The zero-order valence-corrected chi connectivity index (χ0v) is 14.4. The van der Waals surface area contributed by atoms with E-state index in [9.17, 15) is 4.79 Å². The van der Waals surface area contributed by atoms with Gasteiger partial charge >= 0.3 is 5.97 Å². The predicted molar refractivity (Wildman–Crippen MR) is 83.9 cm³/mol. The van der Waals surface area contributed by atoms with Crippen molar-refractivity contribution in [1.29, 1.82) is 0 Å². The van der Waals surface area contributed by atoms with Gasteiger partial charge in [-0.25, -0.2) is 0 Å². The first-order chi connectivity index (χ1) is 8.31. The van der Waals surface area contributed by atoms with Crippen molar-refractivity contribution in [3.63, 3.8) is 0 Å². The van der Waals surface area contributed by atoms with Crippen LogP contribution in [0.4, 0.5) is 0 Å². The van der Waals surface area contributed by atoms with Gasteiger partial charge in [0.1, 0.15) is 4.49 Å². The molecule has 0 bridgehead atoms. The summed E-state index contributed by atoms with van der Waals surface area (Å²) in [6.45, 7) is 0. The second-order valence-corrected chi connectivity index (χ2v) is 6.63. The van der Waals surface area contributed by atoms with Crippen LogP contribution in [0.3, 0.4) is 0 Å². The zero-order valence-electron chi connectivity index (χ0n) is 8.83. The Hall–Kier alpha value is 0.320. The van der Waals surface area contributed by atoms with Crippen LogP contribution in [-0.4, -0.2) is 11.1 Å². The maximum atomic E-state index is 10.8. The SMILES string of the molecule is O=C(O)CC(C=C(Cl)Cl)c1cc(S)c(Br)c(Br)c1. The third kappa shape index (κ3) is 4.78. The van der Waals surface area contributed by atoms with Gasteiger partial charge in [0.25, 0.3) is 0 Å². The molecule has 98 valence electrons. The Labute approximate surface area is 137 Å². The van der Waals surface area contributed by atoms with Crippen LogP contribution in [0.1, 0.15) is 17.9 Å². The summed E-state index contributed by atoms with van der Waals surface area (Å²) >= 11 is 22.2. The Morgan fingerprint density at radius 2 is 2.06 bits per heavy atom. The summed E-state index contributed by atoms with van der Waals surface area (Å²) in [4.78, 5) is 11.5. The highest BCUT2D eigenvalue weighted by molar-refractivity contribution is 9.13. The average molecular weight is 435 g/mol. The lowest BCUT2D eigenvalue weighted by molar-refractivity contribution is -0.137. The molecule has 1 rings (SSSR count). The number of allylic oxidation sites excluding steroid dienone is 1. The van der Waals surface area contributed by atoms with Gasteiger partial charge in [0, 0.05) is 19.8 Å². The molecule has 0 aromatic heterocycles. The highest BCUT2D eigenvalue weighted by atomic mass is 79.9. The molecule has 0 heterocycles. The Morgan fingerprint density at radius 1 is 1.44 bits per heavy atom.